The van der Waals surface area contributed by atoms with E-state index < -0.39 is 0 Å². The fourth-order valence-corrected chi connectivity index (χ4v) is 1.37. The maximum atomic E-state index is 11.0. The predicted octanol–water partition coefficient (Wildman–Crippen LogP) is 2.34. The first-order valence-corrected chi connectivity index (χ1v) is 3.91. The Morgan fingerprint density at radius 2 is 2.36 bits per heavy atom. The third-order valence-corrected chi connectivity index (χ3v) is 2.36. The van der Waals surface area contributed by atoms with E-state index in [-0.39, 0.29) is 11.2 Å². The molecule has 11 heavy (non-hydrogen) atoms. The SMILES string of the molecule is C=CC1CC(=O)C=CC1(C)C. The molecule has 0 amide bonds. The highest BCUT2D eigenvalue weighted by molar-refractivity contribution is 5.91. The summed E-state index contributed by atoms with van der Waals surface area (Å²) < 4.78 is 0. The normalized spacial score (nSPS) is 28.5. The second-order valence-electron chi connectivity index (χ2n) is 3.67. The summed E-state index contributed by atoms with van der Waals surface area (Å²) in [5, 5.41) is 0. The van der Waals surface area contributed by atoms with E-state index in [2.05, 4.69) is 20.4 Å². The van der Waals surface area contributed by atoms with Gasteiger partial charge in [-0.3, -0.25) is 4.79 Å². The molecule has 1 nitrogen and oxygen atoms in total. The Morgan fingerprint density at radius 3 is 2.82 bits per heavy atom. The van der Waals surface area contributed by atoms with Crippen LogP contribution < -0.4 is 0 Å². The van der Waals surface area contributed by atoms with Crippen LogP contribution in [0.5, 0.6) is 0 Å². The molecule has 0 aliphatic heterocycles. The molecule has 0 saturated carbocycles. The van der Waals surface area contributed by atoms with Crippen molar-refractivity contribution < 1.29 is 4.79 Å². The fourth-order valence-electron chi connectivity index (χ4n) is 1.37. The van der Waals surface area contributed by atoms with Gasteiger partial charge in [-0.05, 0) is 17.4 Å². The summed E-state index contributed by atoms with van der Waals surface area (Å²) in [6.07, 6.45) is 6.15. The number of carbonyl (C=O) groups excluding carboxylic acids is 1. The molecule has 0 N–H and O–H groups in total. The monoisotopic (exact) mass is 150 g/mol. The van der Waals surface area contributed by atoms with E-state index >= 15 is 0 Å². The Bertz CT molecular complexity index is 211. The van der Waals surface area contributed by atoms with E-state index in [4.69, 9.17) is 0 Å². The Balaban J connectivity index is 2.89. The first-order valence-electron chi connectivity index (χ1n) is 3.91. The van der Waals surface area contributed by atoms with Gasteiger partial charge in [0.25, 0.3) is 0 Å². The van der Waals surface area contributed by atoms with Gasteiger partial charge in [-0.2, -0.15) is 0 Å². The van der Waals surface area contributed by atoms with Crippen LogP contribution in [0.15, 0.2) is 24.8 Å². The van der Waals surface area contributed by atoms with Gasteiger partial charge in [0.05, 0.1) is 0 Å². The van der Waals surface area contributed by atoms with Gasteiger partial charge < -0.3 is 0 Å². The van der Waals surface area contributed by atoms with E-state index in [0.29, 0.717) is 12.3 Å². The second-order valence-corrected chi connectivity index (χ2v) is 3.67. The highest BCUT2D eigenvalue weighted by atomic mass is 16.1. The quantitative estimate of drug-likeness (QED) is 0.524. The van der Waals surface area contributed by atoms with Crippen LogP contribution in [0, 0.1) is 11.3 Å². The highest BCUT2D eigenvalue weighted by Gasteiger charge is 2.29. The van der Waals surface area contributed by atoms with Gasteiger partial charge in [-0.1, -0.05) is 26.0 Å². The molecule has 0 spiro atoms. The predicted molar refractivity (Wildman–Crippen MR) is 46.2 cm³/mol. The van der Waals surface area contributed by atoms with E-state index in [0.717, 1.165) is 0 Å². The highest BCUT2D eigenvalue weighted by Crippen LogP contribution is 2.35. The molecule has 0 heterocycles. The number of rotatable bonds is 1. The lowest BCUT2D eigenvalue weighted by atomic mass is 9.73. The summed E-state index contributed by atoms with van der Waals surface area (Å²) in [5.41, 5.74) is 0.107. The van der Waals surface area contributed by atoms with Crippen molar-refractivity contribution in [3.8, 4) is 0 Å². The molecule has 1 unspecified atom stereocenters. The van der Waals surface area contributed by atoms with Crippen molar-refractivity contribution in [3.63, 3.8) is 0 Å². The fraction of sp³-hybridized carbons (Fsp3) is 0.500. The van der Waals surface area contributed by atoms with Gasteiger partial charge >= 0.3 is 0 Å². The first-order chi connectivity index (χ1) is 5.06. The van der Waals surface area contributed by atoms with Gasteiger partial charge in [-0.15, -0.1) is 6.58 Å². The van der Waals surface area contributed by atoms with Crippen LogP contribution in [0.3, 0.4) is 0 Å². The zero-order valence-corrected chi connectivity index (χ0v) is 7.13. The molecule has 0 fully saturated rings. The minimum absolute atomic E-state index is 0.107. The largest absolute Gasteiger partial charge is 0.295 e. The van der Waals surface area contributed by atoms with Crippen LogP contribution in [0.2, 0.25) is 0 Å². The number of hydrogen-bond acceptors (Lipinski definition) is 1. The van der Waals surface area contributed by atoms with Crippen molar-refractivity contribution >= 4 is 5.78 Å². The molecule has 1 atom stereocenters. The standard InChI is InChI=1S/C10H14O/c1-4-8-7-9(11)5-6-10(8,2)3/h4-6,8H,1,7H2,2-3H3. The van der Waals surface area contributed by atoms with E-state index in [1.165, 1.54) is 0 Å². The van der Waals surface area contributed by atoms with Crippen molar-refractivity contribution in [3.05, 3.63) is 24.8 Å². The van der Waals surface area contributed by atoms with E-state index in [9.17, 15) is 4.79 Å². The van der Waals surface area contributed by atoms with Crippen molar-refractivity contribution in [2.75, 3.05) is 0 Å². The Morgan fingerprint density at radius 1 is 1.73 bits per heavy atom. The van der Waals surface area contributed by atoms with E-state index in [1.807, 2.05) is 12.2 Å². The molecule has 1 heteroatoms. The van der Waals surface area contributed by atoms with Crippen LogP contribution in [0.25, 0.3) is 0 Å². The molecule has 1 aliphatic carbocycles. The van der Waals surface area contributed by atoms with Crippen molar-refractivity contribution in [2.45, 2.75) is 20.3 Å². The van der Waals surface area contributed by atoms with Crippen LogP contribution in [0.1, 0.15) is 20.3 Å². The van der Waals surface area contributed by atoms with Gasteiger partial charge in [0.15, 0.2) is 5.78 Å². The summed E-state index contributed by atoms with van der Waals surface area (Å²) in [7, 11) is 0. The Kier molecular flexibility index (Phi) is 1.99. The molecule has 0 saturated heterocycles. The molecule has 1 rings (SSSR count). The second kappa shape index (κ2) is 2.65. The number of hydrogen-bond donors (Lipinski definition) is 0. The average Bonchev–Trinajstić information content (AvgIpc) is 1.94. The molecule has 0 radical (unpaired) electrons. The zero-order chi connectivity index (χ0) is 8.48. The molecule has 0 aromatic heterocycles. The first kappa shape index (κ1) is 8.25. The summed E-state index contributed by atoms with van der Waals surface area (Å²) >= 11 is 0. The lowest BCUT2D eigenvalue weighted by molar-refractivity contribution is -0.116. The summed E-state index contributed by atoms with van der Waals surface area (Å²) in [5.74, 6) is 0.522. The molecule has 0 aromatic carbocycles. The third kappa shape index (κ3) is 1.59. The van der Waals surface area contributed by atoms with Gasteiger partial charge in [-0.25, -0.2) is 0 Å². The van der Waals surface area contributed by atoms with Crippen LogP contribution in [-0.2, 0) is 4.79 Å². The van der Waals surface area contributed by atoms with Crippen molar-refractivity contribution in [1.29, 1.82) is 0 Å². The number of carbonyl (C=O) groups is 1. The van der Waals surface area contributed by atoms with Crippen molar-refractivity contribution in [2.24, 2.45) is 11.3 Å². The van der Waals surface area contributed by atoms with E-state index in [1.54, 1.807) is 6.08 Å². The summed E-state index contributed by atoms with van der Waals surface area (Å²) in [6.45, 7) is 7.98. The van der Waals surface area contributed by atoms with Crippen LogP contribution in [-0.4, -0.2) is 5.78 Å². The van der Waals surface area contributed by atoms with Gasteiger partial charge in [0.1, 0.15) is 0 Å². The van der Waals surface area contributed by atoms with Gasteiger partial charge in [0.2, 0.25) is 0 Å². The van der Waals surface area contributed by atoms with Crippen LogP contribution in [0.4, 0.5) is 0 Å². The molecule has 1 aliphatic rings. The van der Waals surface area contributed by atoms with Crippen molar-refractivity contribution in [1.82, 2.24) is 0 Å². The minimum Gasteiger partial charge on any atom is -0.295 e. The zero-order valence-electron chi connectivity index (χ0n) is 7.13. The third-order valence-electron chi connectivity index (χ3n) is 2.36. The topological polar surface area (TPSA) is 17.1 Å². The molecular weight excluding hydrogens is 136 g/mol. The maximum Gasteiger partial charge on any atom is 0.156 e. The summed E-state index contributed by atoms with van der Waals surface area (Å²) in [4.78, 5) is 11.0. The number of allylic oxidation sites excluding steroid dienone is 3. The molecule has 0 bridgehead atoms. The lowest BCUT2D eigenvalue weighted by Crippen LogP contribution is -2.26. The maximum absolute atomic E-state index is 11.0. The molecular formula is C10H14O. The Hall–Kier alpha value is -0.850. The van der Waals surface area contributed by atoms with Gasteiger partial charge in [0, 0.05) is 6.42 Å². The lowest BCUT2D eigenvalue weighted by Gasteiger charge is -2.31. The Labute approximate surface area is 67.8 Å². The minimum atomic E-state index is 0.107. The average molecular weight is 150 g/mol. The summed E-state index contributed by atoms with van der Waals surface area (Å²) in [6, 6.07) is 0. The molecule has 0 aromatic rings. The van der Waals surface area contributed by atoms with Crippen LogP contribution >= 0.6 is 0 Å². The smallest absolute Gasteiger partial charge is 0.156 e. The molecule has 60 valence electrons. The number of ketones is 1.